The smallest absolute Gasteiger partial charge is 0.287 e. The number of likely N-dealkylation sites (N-methyl/N-ethyl adjacent to an activating group) is 1. The van der Waals surface area contributed by atoms with Crippen molar-refractivity contribution in [3.63, 3.8) is 0 Å². The number of thiol groups is 1. The van der Waals surface area contributed by atoms with Crippen molar-refractivity contribution >= 4 is 41.4 Å². The van der Waals surface area contributed by atoms with Crippen LogP contribution in [-0.4, -0.2) is 46.2 Å². The van der Waals surface area contributed by atoms with Crippen LogP contribution in [0.4, 0.5) is 4.79 Å². The van der Waals surface area contributed by atoms with Crippen LogP contribution in [0.5, 0.6) is 5.75 Å². The summed E-state index contributed by atoms with van der Waals surface area (Å²) in [6.07, 6.45) is 9.83. The van der Waals surface area contributed by atoms with E-state index in [0.29, 0.717) is 31.7 Å². The first-order chi connectivity index (χ1) is 14.9. The summed E-state index contributed by atoms with van der Waals surface area (Å²) in [4.78, 5) is 37.3. The molecule has 1 aliphatic carbocycles. The topological polar surface area (TPSA) is 75.7 Å². The monoisotopic (exact) mass is 464 g/mol. The fourth-order valence-electron chi connectivity index (χ4n) is 4.14. The van der Waals surface area contributed by atoms with Gasteiger partial charge in [-0.1, -0.05) is 50.7 Å². The van der Waals surface area contributed by atoms with Gasteiger partial charge in [0.25, 0.3) is 11.1 Å². The van der Waals surface area contributed by atoms with Crippen molar-refractivity contribution < 1.29 is 19.1 Å². The summed E-state index contributed by atoms with van der Waals surface area (Å²) < 4.78 is 4.69. The highest BCUT2D eigenvalue weighted by molar-refractivity contribution is 8.23. The van der Waals surface area contributed by atoms with Crippen molar-refractivity contribution in [2.45, 2.75) is 61.9 Å². The standard InChI is InChI=1S/C23H32N2O4S2/c1-25(20(26)9-5-4-8-17-6-2-3-7-17)14-15-29-19-12-10-18(11-13-19)16-23(30)21(27)24-22(28)31-23/h10-13,17,30H,2-9,14-16H2,1H3,(H,24,27,28). The quantitative estimate of drug-likeness (QED) is 0.374. The van der Waals surface area contributed by atoms with Crippen LogP contribution in [0.15, 0.2) is 24.3 Å². The molecule has 1 N–H and O–H groups in total. The highest BCUT2D eigenvalue weighted by atomic mass is 32.2. The Kier molecular flexibility index (Phi) is 8.72. The highest BCUT2D eigenvalue weighted by Gasteiger charge is 2.44. The number of unbranched alkanes of at least 4 members (excludes halogenated alkanes) is 1. The van der Waals surface area contributed by atoms with Crippen molar-refractivity contribution in [1.82, 2.24) is 10.2 Å². The molecule has 0 radical (unpaired) electrons. The molecule has 0 spiro atoms. The van der Waals surface area contributed by atoms with Crippen molar-refractivity contribution in [3.8, 4) is 5.75 Å². The molecule has 1 heterocycles. The van der Waals surface area contributed by atoms with Crippen LogP contribution in [0.1, 0.15) is 56.9 Å². The van der Waals surface area contributed by atoms with Gasteiger partial charge in [-0.25, -0.2) is 0 Å². The number of rotatable bonds is 11. The Bertz CT molecular complexity index is 780. The molecule has 0 aromatic heterocycles. The summed E-state index contributed by atoms with van der Waals surface area (Å²) in [6.45, 7) is 0.967. The number of hydrogen-bond acceptors (Lipinski definition) is 6. The Labute approximate surface area is 194 Å². The second-order valence-electron chi connectivity index (χ2n) is 8.51. The molecule has 170 valence electrons. The van der Waals surface area contributed by atoms with Gasteiger partial charge in [-0.15, -0.1) is 0 Å². The number of nitrogens with zero attached hydrogens (tertiary/aromatic N) is 1. The third kappa shape index (κ3) is 7.17. The average molecular weight is 465 g/mol. The number of amides is 3. The molecule has 2 fully saturated rings. The maximum atomic E-state index is 12.3. The SMILES string of the molecule is CN(CCOc1ccc(CC2(S)SC(=O)NC2=O)cc1)C(=O)CCCCC1CCCC1. The first-order valence-electron chi connectivity index (χ1n) is 11.1. The van der Waals surface area contributed by atoms with Gasteiger partial charge in [0.15, 0.2) is 4.08 Å². The van der Waals surface area contributed by atoms with E-state index in [2.05, 4.69) is 17.9 Å². The van der Waals surface area contributed by atoms with E-state index in [1.165, 1.54) is 32.1 Å². The largest absolute Gasteiger partial charge is 0.492 e. The van der Waals surface area contributed by atoms with Crippen LogP contribution >= 0.6 is 24.4 Å². The molecular weight excluding hydrogens is 432 g/mol. The minimum Gasteiger partial charge on any atom is -0.492 e. The Balaban J connectivity index is 1.32. The summed E-state index contributed by atoms with van der Waals surface area (Å²) in [6, 6.07) is 7.39. The molecule has 6 nitrogen and oxygen atoms in total. The summed E-state index contributed by atoms with van der Waals surface area (Å²) in [7, 11) is 1.82. The summed E-state index contributed by atoms with van der Waals surface area (Å²) in [5, 5.41) is 1.90. The number of benzene rings is 1. The molecule has 8 heteroatoms. The van der Waals surface area contributed by atoms with Crippen molar-refractivity contribution in [3.05, 3.63) is 29.8 Å². The van der Waals surface area contributed by atoms with Gasteiger partial charge in [-0.05, 0) is 41.8 Å². The second-order valence-corrected chi connectivity index (χ2v) is 10.8. The minimum atomic E-state index is -1.07. The molecular formula is C23H32N2O4S2. The number of thioether (sulfide) groups is 1. The number of imide groups is 1. The second kappa shape index (κ2) is 11.3. The molecule has 3 rings (SSSR count). The summed E-state index contributed by atoms with van der Waals surface area (Å²) in [5.41, 5.74) is 0.893. The maximum Gasteiger partial charge on any atom is 0.287 e. The van der Waals surface area contributed by atoms with Crippen LogP contribution in [0, 0.1) is 5.92 Å². The Morgan fingerprint density at radius 3 is 2.58 bits per heavy atom. The van der Waals surface area contributed by atoms with Gasteiger partial charge in [-0.2, -0.15) is 12.6 Å². The van der Waals surface area contributed by atoms with Gasteiger partial charge in [-0.3, -0.25) is 19.7 Å². The summed E-state index contributed by atoms with van der Waals surface area (Å²) in [5.74, 6) is 1.39. The van der Waals surface area contributed by atoms with E-state index < -0.39 is 4.08 Å². The first-order valence-corrected chi connectivity index (χ1v) is 12.3. The lowest BCUT2D eigenvalue weighted by atomic mass is 10.00. The van der Waals surface area contributed by atoms with E-state index in [1.54, 1.807) is 4.90 Å². The van der Waals surface area contributed by atoms with Gasteiger partial charge < -0.3 is 9.64 Å². The van der Waals surface area contributed by atoms with Gasteiger partial charge in [0, 0.05) is 19.9 Å². The Morgan fingerprint density at radius 2 is 1.94 bits per heavy atom. The zero-order chi connectivity index (χ0) is 22.3. The minimum absolute atomic E-state index is 0.173. The van der Waals surface area contributed by atoms with Crippen LogP contribution in [0.3, 0.4) is 0 Å². The Morgan fingerprint density at radius 1 is 1.23 bits per heavy atom. The molecule has 1 aromatic rings. The lowest BCUT2D eigenvalue weighted by Gasteiger charge is -2.19. The van der Waals surface area contributed by atoms with Crippen LogP contribution in [-0.2, 0) is 16.0 Å². The van der Waals surface area contributed by atoms with Crippen LogP contribution < -0.4 is 10.1 Å². The number of ether oxygens (including phenoxy) is 1. The van der Waals surface area contributed by atoms with Crippen LogP contribution in [0.25, 0.3) is 0 Å². The molecule has 3 amide bonds. The molecule has 1 aromatic carbocycles. The number of hydrogen-bond donors (Lipinski definition) is 2. The lowest BCUT2D eigenvalue weighted by Crippen LogP contribution is -2.33. The normalized spacial score (nSPS) is 21.4. The first kappa shape index (κ1) is 24.0. The van der Waals surface area contributed by atoms with Crippen LogP contribution in [0.2, 0.25) is 0 Å². The predicted molar refractivity (Wildman–Crippen MR) is 127 cm³/mol. The van der Waals surface area contributed by atoms with E-state index in [-0.39, 0.29) is 17.1 Å². The van der Waals surface area contributed by atoms with Gasteiger partial charge in [0.2, 0.25) is 5.91 Å². The van der Waals surface area contributed by atoms with E-state index >= 15 is 0 Å². The molecule has 1 atom stereocenters. The Hall–Kier alpha value is -1.67. The van der Waals surface area contributed by atoms with E-state index in [0.717, 1.165) is 36.1 Å². The molecule has 1 saturated carbocycles. The van der Waals surface area contributed by atoms with E-state index in [1.807, 2.05) is 31.3 Å². The van der Waals surface area contributed by atoms with Crippen molar-refractivity contribution in [1.29, 1.82) is 0 Å². The summed E-state index contributed by atoms with van der Waals surface area (Å²) >= 11 is 5.29. The molecule has 1 saturated heterocycles. The van der Waals surface area contributed by atoms with Gasteiger partial charge >= 0.3 is 0 Å². The lowest BCUT2D eigenvalue weighted by molar-refractivity contribution is -0.130. The van der Waals surface area contributed by atoms with E-state index in [4.69, 9.17) is 4.74 Å². The predicted octanol–water partition coefficient (Wildman–Crippen LogP) is 4.43. The molecule has 1 aliphatic heterocycles. The van der Waals surface area contributed by atoms with Crippen molar-refractivity contribution in [2.75, 3.05) is 20.2 Å². The number of carbonyl (C=O) groups is 3. The zero-order valence-corrected chi connectivity index (χ0v) is 19.8. The molecule has 1 unspecified atom stereocenters. The van der Waals surface area contributed by atoms with Gasteiger partial charge in [0.05, 0.1) is 6.54 Å². The average Bonchev–Trinajstić information content (AvgIpc) is 3.33. The number of carbonyl (C=O) groups excluding carboxylic acids is 3. The fraction of sp³-hybridized carbons (Fsp3) is 0.609. The maximum absolute atomic E-state index is 12.3. The van der Waals surface area contributed by atoms with Gasteiger partial charge in [0.1, 0.15) is 12.4 Å². The highest BCUT2D eigenvalue weighted by Crippen LogP contribution is 2.38. The fourth-order valence-corrected chi connectivity index (χ4v) is 5.46. The molecule has 2 aliphatic rings. The van der Waals surface area contributed by atoms with E-state index in [9.17, 15) is 14.4 Å². The molecule has 0 bridgehead atoms. The molecule has 31 heavy (non-hydrogen) atoms. The number of nitrogens with one attached hydrogen (secondary N) is 1. The third-order valence-electron chi connectivity index (χ3n) is 6.05. The van der Waals surface area contributed by atoms with Crippen molar-refractivity contribution in [2.24, 2.45) is 5.92 Å². The zero-order valence-electron chi connectivity index (χ0n) is 18.1. The third-order valence-corrected chi connectivity index (χ3v) is 7.64.